The van der Waals surface area contributed by atoms with Crippen molar-refractivity contribution in [3.63, 3.8) is 0 Å². The molecule has 3 heteroatoms. The van der Waals surface area contributed by atoms with Gasteiger partial charge in [0.15, 0.2) is 0 Å². The van der Waals surface area contributed by atoms with Gasteiger partial charge in [-0.05, 0) is 37.0 Å². The standard InChI is InChI=1S/C17H23N3/c1-2-14-8-10-16(11-9-14)20-13-12-18-17(20)19-15-6-4-3-5-7-15/h8-13,15H,2-7H2,1H3,(H,18,19). The maximum Gasteiger partial charge on any atom is 0.207 e. The van der Waals surface area contributed by atoms with Crippen molar-refractivity contribution in [2.45, 2.75) is 51.5 Å². The van der Waals surface area contributed by atoms with Crippen molar-refractivity contribution in [1.82, 2.24) is 9.55 Å². The molecule has 1 saturated carbocycles. The van der Waals surface area contributed by atoms with Crippen molar-refractivity contribution in [3.8, 4) is 5.69 Å². The highest BCUT2D eigenvalue weighted by atomic mass is 15.2. The Bertz CT molecular complexity index is 536. The lowest BCUT2D eigenvalue weighted by Crippen LogP contribution is -2.24. The fourth-order valence-corrected chi connectivity index (χ4v) is 2.94. The maximum atomic E-state index is 4.48. The fourth-order valence-electron chi connectivity index (χ4n) is 2.94. The Morgan fingerprint density at radius 1 is 1.15 bits per heavy atom. The minimum Gasteiger partial charge on any atom is -0.353 e. The summed E-state index contributed by atoms with van der Waals surface area (Å²) in [6, 6.07) is 9.32. The van der Waals surface area contributed by atoms with Crippen LogP contribution < -0.4 is 5.32 Å². The summed E-state index contributed by atoms with van der Waals surface area (Å²) in [5.41, 5.74) is 2.55. The van der Waals surface area contributed by atoms with Crippen molar-refractivity contribution in [3.05, 3.63) is 42.2 Å². The quantitative estimate of drug-likeness (QED) is 0.902. The molecule has 106 valence electrons. The van der Waals surface area contributed by atoms with Gasteiger partial charge in [0, 0.05) is 24.1 Å². The molecule has 2 aromatic rings. The summed E-state index contributed by atoms with van der Waals surface area (Å²) in [7, 11) is 0. The Balaban J connectivity index is 1.77. The predicted molar refractivity (Wildman–Crippen MR) is 83.4 cm³/mol. The monoisotopic (exact) mass is 269 g/mol. The van der Waals surface area contributed by atoms with Crippen molar-refractivity contribution in [1.29, 1.82) is 0 Å². The summed E-state index contributed by atoms with van der Waals surface area (Å²) in [4.78, 5) is 4.48. The molecule has 0 unspecified atom stereocenters. The van der Waals surface area contributed by atoms with Gasteiger partial charge in [0.2, 0.25) is 5.95 Å². The molecule has 1 heterocycles. The average molecular weight is 269 g/mol. The minimum atomic E-state index is 0.583. The largest absolute Gasteiger partial charge is 0.353 e. The summed E-state index contributed by atoms with van der Waals surface area (Å²) in [6.07, 6.45) is 11.6. The highest BCUT2D eigenvalue weighted by Crippen LogP contribution is 2.22. The van der Waals surface area contributed by atoms with Gasteiger partial charge in [-0.15, -0.1) is 0 Å². The first-order chi connectivity index (χ1) is 9.86. The van der Waals surface area contributed by atoms with E-state index >= 15 is 0 Å². The molecule has 0 aliphatic heterocycles. The second-order valence-electron chi connectivity index (χ2n) is 5.62. The molecule has 1 aromatic heterocycles. The van der Waals surface area contributed by atoms with Crippen LogP contribution in [-0.2, 0) is 6.42 Å². The topological polar surface area (TPSA) is 29.9 Å². The molecule has 1 N–H and O–H groups in total. The Morgan fingerprint density at radius 3 is 2.60 bits per heavy atom. The molecular weight excluding hydrogens is 246 g/mol. The number of benzene rings is 1. The normalized spacial score (nSPS) is 16.2. The van der Waals surface area contributed by atoms with E-state index in [0.717, 1.165) is 12.4 Å². The number of aromatic nitrogens is 2. The van der Waals surface area contributed by atoms with E-state index in [9.17, 15) is 0 Å². The number of nitrogens with zero attached hydrogens (tertiary/aromatic N) is 2. The van der Waals surface area contributed by atoms with Crippen molar-refractivity contribution < 1.29 is 0 Å². The molecule has 20 heavy (non-hydrogen) atoms. The van der Waals surface area contributed by atoms with Crippen LogP contribution in [0.5, 0.6) is 0 Å². The van der Waals surface area contributed by atoms with Crippen molar-refractivity contribution in [2.24, 2.45) is 0 Å². The van der Waals surface area contributed by atoms with Crippen molar-refractivity contribution >= 4 is 5.95 Å². The molecule has 1 aliphatic rings. The van der Waals surface area contributed by atoms with E-state index in [-0.39, 0.29) is 0 Å². The Morgan fingerprint density at radius 2 is 1.90 bits per heavy atom. The van der Waals surface area contributed by atoms with E-state index in [2.05, 4.69) is 46.1 Å². The molecule has 0 atom stereocenters. The highest BCUT2D eigenvalue weighted by Gasteiger charge is 2.15. The molecule has 0 radical (unpaired) electrons. The first-order valence-electron chi connectivity index (χ1n) is 7.76. The molecule has 0 spiro atoms. The number of aryl methyl sites for hydroxylation is 1. The van der Waals surface area contributed by atoms with E-state index in [0.29, 0.717) is 6.04 Å². The van der Waals surface area contributed by atoms with Crippen LogP contribution in [0, 0.1) is 0 Å². The Labute approximate surface area is 121 Å². The molecule has 3 rings (SSSR count). The second kappa shape index (κ2) is 6.12. The molecule has 1 aliphatic carbocycles. The van der Waals surface area contributed by atoms with Gasteiger partial charge in [0.05, 0.1) is 0 Å². The lowest BCUT2D eigenvalue weighted by Gasteiger charge is -2.23. The summed E-state index contributed by atoms with van der Waals surface area (Å²) in [6.45, 7) is 2.18. The number of anilines is 1. The zero-order chi connectivity index (χ0) is 13.8. The lowest BCUT2D eigenvalue weighted by atomic mass is 9.96. The number of nitrogens with one attached hydrogen (secondary N) is 1. The van der Waals surface area contributed by atoms with E-state index in [1.54, 1.807) is 0 Å². The van der Waals surface area contributed by atoms with Crippen LogP contribution in [0.25, 0.3) is 5.69 Å². The van der Waals surface area contributed by atoms with Crippen LogP contribution in [0.1, 0.15) is 44.6 Å². The molecule has 0 amide bonds. The number of imidazole rings is 1. The van der Waals surface area contributed by atoms with Gasteiger partial charge < -0.3 is 5.32 Å². The average Bonchev–Trinajstić information content (AvgIpc) is 2.96. The lowest BCUT2D eigenvalue weighted by molar-refractivity contribution is 0.460. The van der Waals surface area contributed by atoms with Gasteiger partial charge in [-0.25, -0.2) is 4.98 Å². The predicted octanol–water partition coefficient (Wildman–Crippen LogP) is 4.18. The van der Waals surface area contributed by atoms with Gasteiger partial charge in [-0.3, -0.25) is 4.57 Å². The molecule has 1 aromatic carbocycles. The Kier molecular flexibility index (Phi) is 4.05. The van der Waals surface area contributed by atoms with Gasteiger partial charge >= 0.3 is 0 Å². The molecule has 0 saturated heterocycles. The van der Waals surface area contributed by atoms with E-state index in [1.807, 2.05) is 12.4 Å². The zero-order valence-electron chi connectivity index (χ0n) is 12.2. The van der Waals surface area contributed by atoms with E-state index in [1.165, 1.54) is 43.4 Å². The Hall–Kier alpha value is -1.77. The van der Waals surface area contributed by atoms with Gasteiger partial charge in [0.1, 0.15) is 0 Å². The third-order valence-electron chi connectivity index (χ3n) is 4.20. The van der Waals surface area contributed by atoms with Crippen molar-refractivity contribution in [2.75, 3.05) is 5.32 Å². The molecule has 3 nitrogen and oxygen atoms in total. The third kappa shape index (κ3) is 2.87. The molecule has 0 bridgehead atoms. The van der Waals surface area contributed by atoms with Crippen LogP contribution in [0.3, 0.4) is 0 Å². The van der Waals surface area contributed by atoms with Gasteiger partial charge in [-0.2, -0.15) is 0 Å². The highest BCUT2D eigenvalue weighted by molar-refractivity contribution is 5.43. The summed E-state index contributed by atoms with van der Waals surface area (Å²) < 4.78 is 2.15. The molecular formula is C17H23N3. The third-order valence-corrected chi connectivity index (χ3v) is 4.20. The number of rotatable bonds is 4. The maximum absolute atomic E-state index is 4.48. The number of hydrogen-bond donors (Lipinski definition) is 1. The SMILES string of the molecule is CCc1ccc(-n2ccnc2NC2CCCCC2)cc1. The first kappa shape index (κ1) is 13.2. The van der Waals surface area contributed by atoms with Gasteiger partial charge in [0.25, 0.3) is 0 Å². The van der Waals surface area contributed by atoms with Gasteiger partial charge in [-0.1, -0.05) is 38.3 Å². The summed E-state index contributed by atoms with van der Waals surface area (Å²) in [5.74, 6) is 0.973. The summed E-state index contributed by atoms with van der Waals surface area (Å²) in [5, 5.41) is 3.61. The number of hydrogen-bond acceptors (Lipinski definition) is 2. The smallest absolute Gasteiger partial charge is 0.207 e. The summed E-state index contributed by atoms with van der Waals surface area (Å²) >= 11 is 0. The van der Waals surface area contributed by atoms with Crippen LogP contribution in [0.15, 0.2) is 36.7 Å². The van der Waals surface area contributed by atoms with Crippen LogP contribution in [0.4, 0.5) is 5.95 Å². The molecule has 1 fully saturated rings. The van der Waals surface area contributed by atoms with Crippen LogP contribution in [-0.4, -0.2) is 15.6 Å². The van der Waals surface area contributed by atoms with E-state index < -0.39 is 0 Å². The van der Waals surface area contributed by atoms with Crippen LogP contribution in [0.2, 0.25) is 0 Å². The second-order valence-corrected chi connectivity index (χ2v) is 5.62. The first-order valence-corrected chi connectivity index (χ1v) is 7.76. The minimum absolute atomic E-state index is 0.583. The fraction of sp³-hybridized carbons (Fsp3) is 0.471. The zero-order valence-corrected chi connectivity index (χ0v) is 12.2. The van der Waals surface area contributed by atoms with Crippen LogP contribution >= 0.6 is 0 Å². The van der Waals surface area contributed by atoms with E-state index in [4.69, 9.17) is 0 Å².